The number of alkyl carbamates (subject to hydrolysis) is 1. The Morgan fingerprint density at radius 1 is 0.941 bits per heavy atom. The van der Waals surface area contributed by atoms with Crippen molar-refractivity contribution in [2.75, 3.05) is 0 Å². The van der Waals surface area contributed by atoms with E-state index in [1.54, 1.807) is 20.8 Å². The minimum atomic E-state index is -0.938. The van der Waals surface area contributed by atoms with E-state index >= 15 is 0 Å². The van der Waals surface area contributed by atoms with E-state index in [1.807, 2.05) is 72.8 Å². The highest BCUT2D eigenvalue weighted by Crippen LogP contribution is 2.16. The molecule has 0 saturated carbocycles. The number of hydrogen-bond donors (Lipinski definition) is 2. The fourth-order valence-electron chi connectivity index (χ4n) is 3.41. The minimum Gasteiger partial charge on any atom is -0.444 e. The molecule has 178 valence electrons. The summed E-state index contributed by atoms with van der Waals surface area (Å²) in [4.78, 5) is 30.1. The van der Waals surface area contributed by atoms with Crippen LogP contribution >= 0.6 is 0 Å². The van der Waals surface area contributed by atoms with E-state index in [4.69, 9.17) is 15.3 Å². The third kappa shape index (κ3) is 7.92. The van der Waals surface area contributed by atoms with Crippen molar-refractivity contribution in [1.29, 1.82) is 0 Å². The Hall–Kier alpha value is -3.87. The van der Waals surface area contributed by atoms with Crippen LogP contribution in [0.1, 0.15) is 38.3 Å². The Morgan fingerprint density at radius 2 is 1.62 bits per heavy atom. The molecular weight excluding hydrogens is 430 g/mol. The van der Waals surface area contributed by atoms with Crippen LogP contribution in [0, 0.1) is 0 Å². The summed E-state index contributed by atoms with van der Waals surface area (Å²) in [5.41, 5.74) is 7.30. The molecule has 0 saturated heterocycles. The van der Waals surface area contributed by atoms with Crippen molar-refractivity contribution >= 4 is 28.7 Å². The summed E-state index contributed by atoms with van der Waals surface area (Å²) in [6.07, 6.45) is 0.511. The summed E-state index contributed by atoms with van der Waals surface area (Å²) < 4.78 is 5.29. The SMILES string of the molecule is CC(C)(C)OC(=O)N[C@@H](CCc1ccccc1)C(=O)O/N=C(\N)Cc1ccc2ccccc2c1. The van der Waals surface area contributed by atoms with Crippen LogP contribution < -0.4 is 11.1 Å². The minimum absolute atomic E-state index is 0.155. The maximum Gasteiger partial charge on any atom is 0.408 e. The number of rotatable bonds is 8. The number of ether oxygens (including phenoxy) is 1. The monoisotopic (exact) mass is 461 g/mol. The second kappa shape index (κ2) is 11.3. The van der Waals surface area contributed by atoms with Gasteiger partial charge in [0.2, 0.25) is 0 Å². The maximum absolute atomic E-state index is 12.7. The number of nitrogens with zero attached hydrogens (tertiary/aromatic N) is 1. The molecule has 0 unspecified atom stereocenters. The summed E-state index contributed by atoms with van der Waals surface area (Å²) in [5, 5.41) is 8.62. The van der Waals surface area contributed by atoms with E-state index in [1.165, 1.54) is 0 Å². The molecule has 3 aromatic rings. The van der Waals surface area contributed by atoms with Crippen LogP contribution in [0.15, 0.2) is 78.0 Å². The predicted octanol–water partition coefficient (Wildman–Crippen LogP) is 4.72. The van der Waals surface area contributed by atoms with Crippen molar-refractivity contribution in [2.45, 2.75) is 51.7 Å². The smallest absolute Gasteiger partial charge is 0.408 e. The number of hydrogen-bond acceptors (Lipinski definition) is 5. The lowest BCUT2D eigenvalue weighted by atomic mass is 10.1. The highest BCUT2D eigenvalue weighted by atomic mass is 16.7. The molecule has 3 N–H and O–H groups in total. The van der Waals surface area contributed by atoms with Crippen molar-refractivity contribution < 1.29 is 19.2 Å². The molecule has 0 aromatic heterocycles. The standard InChI is InChI=1S/C27H31N3O4/c1-27(2,3)33-26(32)29-23(16-14-19-9-5-4-6-10-19)25(31)34-30-24(28)18-20-13-15-21-11-7-8-12-22(21)17-20/h4-13,15,17,23H,14,16,18H2,1-3H3,(H2,28,30)(H,29,32)/t23-/m0/s1. The Bertz CT molecular complexity index is 1150. The summed E-state index contributed by atoms with van der Waals surface area (Å²) in [7, 11) is 0. The maximum atomic E-state index is 12.7. The van der Waals surface area contributed by atoms with Gasteiger partial charge in [-0.1, -0.05) is 78.0 Å². The zero-order chi connectivity index (χ0) is 24.6. The van der Waals surface area contributed by atoms with Gasteiger partial charge in [-0.05, 0) is 55.5 Å². The second-order valence-electron chi connectivity index (χ2n) is 9.07. The fourth-order valence-corrected chi connectivity index (χ4v) is 3.41. The highest BCUT2D eigenvalue weighted by Gasteiger charge is 2.26. The number of fused-ring (bicyclic) bond motifs is 1. The van der Waals surface area contributed by atoms with E-state index in [0.29, 0.717) is 19.3 Å². The highest BCUT2D eigenvalue weighted by molar-refractivity contribution is 5.87. The summed E-state index contributed by atoms with van der Waals surface area (Å²) in [6, 6.07) is 22.7. The van der Waals surface area contributed by atoms with Crippen LogP contribution in [0.2, 0.25) is 0 Å². The molecule has 0 aliphatic heterocycles. The quantitative estimate of drug-likeness (QED) is 0.219. The molecule has 0 aliphatic rings. The van der Waals surface area contributed by atoms with Gasteiger partial charge in [-0.15, -0.1) is 0 Å². The average Bonchev–Trinajstić information content (AvgIpc) is 2.79. The molecule has 1 atom stereocenters. The molecule has 7 heteroatoms. The van der Waals surface area contributed by atoms with Crippen LogP contribution in [-0.4, -0.2) is 29.5 Å². The van der Waals surface area contributed by atoms with Crippen molar-refractivity contribution in [3.05, 3.63) is 83.9 Å². The first kappa shape index (κ1) is 24.8. The lowest BCUT2D eigenvalue weighted by Crippen LogP contribution is -2.44. The Balaban J connectivity index is 1.64. The third-order valence-corrected chi connectivity index (χ3v) is 4.99. The van der Waals surface area contributed by atoms with E-state index in [9.17, 15) is 9.59 Å². The molecule has 1 amide bonds. The van der Waals surface area contributed by atoms with Crippen molar-refractivity contribution in [2.24, 2.45) is 10.9 Å². The number of benzene rings is 3. The van der Waals surface area contributed by atoms with E-state index in [0.717, 1.165) is 21.9 Å². The molecular formula is C27H31N3O4. The Morgan fingerprint density at radius 3 is 2.32 bits per heavy atom. The Kier molecular flexibility index (Phi) is 8.24. The molecule has 0 aliphatic carbocycles. The van der Waals surface area contributed by atoms with Gasteiger partial charge in [0.05, 0.1) is 0 Å². The molecule has 0 fully saturated rings. The van der Waals surface area contributed by atoms with Crippen LogP contribution in [-0.2, 0) is 27.2 Å². The Labute approximate surface area is 199 Å². The first-order valence-electron chi connectivity index (χ1n) is 11.2. The van der Waals surface area contributed by atoms with Gasteiger partial charge in [-0.25, -0.2) is 9.59 Å². The van der Waals surface area contributed by atoms with E-state index < -0.39 is 23.7 Å². The zero-order valence-electron chi connectivity index (χ0n) is 19.8. The topological polar surface area (TPSA) is 103 Å². The van der Waals surface area contributed by atoms with E-state index in [2.05, 4.69) is 10.5 Å². The summed E-state index contributed by atoms with van der Waals surface area (Å²) >= 11 is 0. The van der Waals surface area contributed by atoms with E-state index in [-0.39, 0.29) is 5.84 Å². The first-order chi connectivity index (χ1) is 16.2. The molecule has 3 aromatic carbocycles. The first-order valence-corrected chi connectivity index (χ1v) is 11.2. The van der Waals surface area contributed by atoms with Gasteiger partial charge < -0.3 is 20.6 Å². The van der Waals surface area contributed by atoms with Crippen LogP contribution in [0.5, 0.6) is 0 Å². The second-order valence-corrected chi connectivity index (χ2v) is 9.07. The van der Waals surface area contributed by atoms with Gasteiger partial charge in [0.1, 0.15) is 17.5 Å². The molecule has 0 bridgehead atoms. The van der Waals surface area contributed by atoms with Gasteiger partial charge in [0, 0.05) is 6.42 Å². The number of amidine groups is 1. The molecule has 3 rings (SSSR count). The summed E-state index contributed by atoms with van der Waals surface area (Å²) in [5.74, 6) is -0.550. The van der Waals surface area contributed by atoms with Crippen LogP contribution in [0.3, 0.4) is 0 Å². The molecule has 0 heterocycles. The molecule has 0 spiro atoms. The number of nitrogens with two attached hydrogens (primary N) is 1. The van der Waals surface area contributed by atoms with Gasteiger partial charge in [-0.2, -0.15) is 0 Å². The molecule has 0 radical (unpaired) electrons. The zero-order valence-corrected chi connectivity index (χ0v) is 19.8. The lowest BCUT2D eigenvalue weighted by Gasteiger charge is -2.22. The number of carbonyl (C=O) groups is 2. The lowest BCUT2D eigenvalue weighted by molar-refractivity contribution is -0.146. The largest absolute Gasteiger partial charge is 0.444 e. The van der Waals surface area contributed by atoms with Crippen molar-refractivity contribution in [3.8, 4) is 0 Å². The van der Waals surface area contributed by atoms with Gasteiger partial charge in [-0.3, -0.25) is 0 Å². The fraction of sp³-hybridized carbons (Fsp3) is 0.296. The molecule has 7 nitrogen and oxygen atoms in total. The summed E-state index contributed by atoms with van der Waals surface area (Å²) in [6.45, 7) is 5.25. The van der Waals surface area contributed by atoms with Gasteiger partial charge in [0.15, 0.2) is 0 Å². The van der Waals surface area contributed by atoms with Gasteiger partial charge in [0.25, 0.3) is 0 Å². The molecule has 34 heavy (non-hydrogen) atoms. The van der Waals surface area contributed by atoms with Gasteiger partial charge >= 0.3 is 12.1 Å². The number of nitrogens with one attached hydrogen (secondary N) is 1. The normalized spacial score (nSPS) is 12.7. The number of amides is 1. The van der Waals surface area contributed by atoms with Crippen molar-refractivity contribution in [3.63, 3.8) is 0 Å². The average molecular weight is 462 g/mol. The predicted molar refractivity (Wildman–Crippen MR) is 133 cm³/mol. The number of aryl methyl sites for hydroxylation is 1. The number of oxime groups is 1. The van der Waals surface area contributed by atoms with Crippen LogP contribution in [0.4, 0.5) is 4.79 Å². The van der Waals surface area contributed by atoms with Crippen LogP contribution in [0.25, 0.3) is 10.8 Å². The number of carbonyl (C=O) groups excluding carboxylic acids is 2. The third-order valence-electron chi connectivity index (χ3n) is 4.99. The van der Waals surface area contributed by atoms with Crippen molar-refractivity contribution in [1.82, 2.24) is 5.32 Å².